The van der Waals surface area contributed by atoms with E-state index in [2.05, 4.69) is 59.9 Å². The van der Waals surface area contributed by atoms with E-state index in [1.54, 1.807) is 6.92 Å². The Kier molecular flexibility index (Phi) is 5.09. The van der Waals surface area contributed by atoms with Crippen molar-refractivity contribution in [3.05, 3.63) is 60.2 Å². The first-order valence-electron chi connectivity index (χ1n) is 8.73. The van der Waals surface area contributed by atoms with Crippen LogP contribution in [0.3, 0.4) is 0 Å². The molecule has 0 heterocycles. The molecule has 0 radical (unpaired) electrons. The second-order valence-electron chi connectivity index (χ2n) is 7.15. The van der Waals surface area contributed by atoms with Gasteiger partial charge in [0.05, 0.1) is 18.2 Å². The number of nitrogens with one attached hydrogen (secondary N) is 1. The second kappa shape index (κ2) is 7.01. The summed E-state index contributed by atoms with van der Waals surface area (Å²) in [7, 11) is 0. The van der Waals surface area contributed by atoms with E-state index >= 15 is 0 Å². The average molecular weight is 370 g/mol. The van der Waals surface area contributed by atoms with Gasteiger partial charge in [0.25, 0.3) is 0 Å². The summed E-state index contributed by atoms with van der Waals surface area (Å²) in [5.41, 5.74) is 5.60. The molecule has 2 atom stereocenters. The lowest BCUT2D eigenvalue weighted by Gasteiger charge is -2.32. The van der Waals surface area contributed by atoms with Crippen LogP contribution in [-0.4, -0.2) is 28.5 Å². The van der Waals surface area contributed by atoms with Crippen molar-refractivity contribution in [3.63, 3.8) is 0 Å². The first kappa shape index (κ1) is 18.9. The standard InChI is InChI=1S/C22H23NO2.ClH/c1-14(25)22(2,13-24)23-12-15-10-11-20-18-7-4-3-6-17(18)19-9-5-8-16(15)21(19)20;/h3-11,14,23-25H,12-13H2,1-2H3;1H/t14-,22+;/m0./s1. The zero-order valence-electron chi connectivity index (χ0n) is 15.0. The summed E-state index contributed by atoms with van der Waals surface area (Å²) >= 11 is 0. The minimum Gasteiger partial charge on any atom is -0.394 e. The van der Waals surface area contributed by atoms with E-state index in [-0.39, 0.29) is 19.0 Å². The molecule has 136 valence electrons. The van der Waals surface area contributed by atoms with Crippen LogP contribution in [0.15, 0.2) is 54.6 Å². The van der Waals surface area contributed by atoms with Gasteiger partial charge in [-0.05, 0) is 52.4 Å². The topological polar surface area (TPSA) is 52.5 Å². The van der Waals surface area contributed by atoms with Gasteiger partial charge in [0, 0.05) is 6.54 Å². The third kappa shape index (κ3) is 2.81. The summed E-state index contributed by atoms with van der Waals surface area (Å²) in [6.45, 7) is 4.02. The maximum Gasteiger partial charge on any atom is 0.0713 e. The lowest BCUT2D eigenvalue weighted by molar-refractivity contribution is 0.0404. The molecule has 0 fully saturated rings. The largest absolute Gasteiger partial charge is 0.394 e. The Morgan fingerprint density at radius 3 is 2.15 bits per heavy atom. The maximum absolute atomic E-state index is 9.96. The number of halogens is 1. The molecule has 0 unspecified atom stereocenters. The highest BCUT2D eigenvalue weighted by molar-refractivity contribution is 6.15. The van der Waals surface area contributed by atoms with Gasteiger partial charge in [0.2, 0.25) is 0 Å². The van der Waals surface area contributed by atoms with Crippen LogP contribution in [0.4, 0.5) is 0 Å². The summed E-state index contributed by atoms with van der Waals surface area (Å²) in [5.74, 6) is 0. The van der Waals surface area contributed by atoms with Gasteiger partial charge in [-0.2, -0.15) is 0 Å². The number of hydrogen-bond donors (Lipinski definition) is 3. The minimum absolute atomic E-state index is 0. The Hall–Kier alpha value is -1.91. The van der Waals surface area contributed by atoms with Crippen molar-refractivity contribution in [1.82, 2.24) is 5.32 Å². The Morgan fingerprint density at radius 1 is 0.923 bits per heavy atom. The molecule has 3 aromatic rings. The van der Waals surface area contributed by atoms with Crippen molar-refractivity contribution < 1.29 is 10.2 Å². The lowest BCUT2D eigenvalue weighted by atomic mass is 9.95. The quantitative estimate of drug-likeness (QED) is 0.495. The van der Waals surface area contributed by atoms with Crippen molar-refractivity contribution in [2.75, 3.05) is 6.61 Å². The van der Waals surface area contributed by atoms with Gasteiger partial charge < -0.3 is 15.5 Å². The zero-order chi connectivity index (χ0) is 17.6. The summed E-state index contributed by atoms with van der Waals surface area (Å²) in [4.78, 5) is 0. The van der Waals surface area contributed by atoms with Crippen LogP contribution >= 0.6 is 12.4 Å². The van der Waals surface area contributed by atoms with Crippen LogP contribution in [0.2, 0.25) is 0 Å². The van der Waals surface area contributed by atoms with Crippen LogP contribution in [0.25, 0.3) is 33.0 Å². The number of aliphatic hydroxyl groups is 2. The Balaban J connectivity index is 0.00000196. The molecular weight excluding hydrogens is 346 g/mol. The number of rotatable bonds is 5. The van der Waals surface area contributed by atoms with E-state index in [0.717, 1.165) is 0 Å². The lowest BCUT2D eigenvalue weighted by Crippen LogP contribution is -2.53. The van der Waals surface area contributed by atoms with Crippen LogP contribution in [0.1, 0.15) is 19.4 Å². The predicted molar refractivity (Wildman–Crippen MR) is 110 cm³/mol. The molecule has 0 amide bonds. The number of hydrogen-bond acceptors (Lipinski definition) is 3. The molecule has 3 N–H and O–H groups in total. The van der Waals surface area contributed by atoms with Gasteiger partial charge in [-0.25, -0.2) is 0 Å². The van der Waals surface area contributed by atoms with E-state index in [4.69, 9.17) is 0 Å². The normalized spacial score (nSPS) is 15.2. The first-order valence-corrected chi connectivity index (χ1v) is 8.73. The fourth-order valence-electron chi connectivity index (χ4n) is 3.66. The molecule has 4 heteroatoms. The third-order valence-electron chi connectivity index (χ3n) is 5.57. The smallest absolute Gasteiger partial charge is 0.0713 e. The van der Waals surface area contributed by atoms with Gasteiger partial charge in [-0.1, -0.05) is 54.6 Å². The molecule has 3 nitrogen and oxygen atoms in total. The zero-order valence-corrected chi connectivity index (χ0v) is 15.8. The minimum atomic E-state index is -0.717. The molecule has 0 aliphatic heterocycles. The van der Waals surface area contributed by atoms with Crippen molar-refractivity contribution in [2.45, 2.75) is 32.0 Å². The molecule has 0 bridgehead atoms. The molecule has 26 heavy (non-hydrogen) atoms. The Labute approximate surface area is 160 Å². The molecule has 1 aliphatic rings. The summed E-state index contributed by atoms with van der Waals surface area (Å²) in [6, 6.07) is 19.3. The SMILES string of the molecule is C[C@H](O)[C@@](C)(CO)NCc1ccc2c3c(cccc13)-c1ccccc1-2.Cl. The highest BCUT2D eigenvalue weighted by Crippen LogP contribution is 2.47. The third-order valence-corrected chi connectivity index (χ3v) is 5.57. The van der Waals surface area contributed by atoms with E-state index < -0.39 is 11.6 Å². The van der Waals surface area contributed by atoms with Crippen molar-refractivity contribution in [3.8, 4) is 22.3 Å². The molecule has 4 rings (SSSR count). The highest BCUT2D eigenvalue weighted by Gasteiger charge is 2.29. The number of benzene rings is 3. The van der Waals surface area contributed by atoms with Crippen molar-refractivity contribution in [2.24, 2.45) is 0 Å². The highest BCUT2D eigenvalue weighted by atomic mass is 35.5. The fraction of sp³-hybridized carbons (Fsp3) is 0.273. The van der Waals surface area contributed by atoms with Crippen LogP contribution < -0.4 is 5.32 Å². The summed E-state index contributed by atoms with van der Waals surface area (Å²) in [5, 5.41) is 25.5. The molecular formula is C22H24ClNO2. The van der Waals surface area contributed by atoms with Gasteiger partial charge in [0.15, 0.2) is 0 Å². The average Bonchev–Trinajstić information content (AvgIpc) is 2.97. The van der Waals surface area contributed by atoms with Crippen molar-refractivity contribution >= 4 is 23.2 Å². The first-order chi connectivity index (χ1) is 12.0. The van der Waals surface area contributed by atoms with Crippen molar-refractivity contribution in [1.29, 1.82) is 0 Å². The van der Waals surface area contributed by atoms with E-state index in [1.165, 1.54) is 38.6 Å². The summed E-state index contributed by atoms with van der Waals surface area (Å²) < 4.78 is 0. The molecule has 0 aromatic heterocycles. The second-order valence-corrected chi connectivity index (χ2v) is 7.15. The molecule has 3 aromatic carbocycles. The molecule has 0 spiro atoms. The molecule has 1 aliphatic carbocycles. The monoisotopic (exact) mass is 369 g/mol. The van der Waals surface area contributed by atoms with Gasteiger partial charge in [-0.3, -0.25) is 0 Å². The van der Waals surface area contributed by atoms with Crippen LogP contribution in [0, 0.1) is 0 Å². The predicted octanol–water partition coefficient (Wildman–Crippen LogP) is 4.13. The van der Waals surface area contributed by atoms with E-state index in [0.29, 0.717) is 6.54 Å². The maximum atomic E-state index is 9.96. The van der Waals surface area contributed by atoms with E-state index in [9.17, 15) is 10.2 Å². The molecule has 0 saturated carbocycles. The van der Waals surface area contributed by atoms with Gasteiger partial charge in [-0.15, -0.1) is 12.4 Å². The fourth-order valence-corrected chi connectivity index (χ4v) is 3.66. The van der Waals surface area contributed by atoms with Gasteiger partial charge >= 0.3 is 0 Å². The Morgan fingerprint density at radius 2 is 1.54 bits per heavy atom. The number of aliphatic hydroxyl groups excluding tert-OH is 2. The molecule has 0 saturated heterocycles. The summed E-state index contributed by atoms with van der Waals surface area (Å²) in [6.07, 6.45) is -0.640. The Bertz CT molecular complexity index is 925. The number of fused-ring (bicyclic) bond motifs is 3. The van der Waals surface area contributed by atoms with Crippen LogP contribution in [-0.2, 0) is 6.54 Å². The van der Waals surface area contributed by atoms with Crippen LogP contribution in [0.5, 0.6) is 0 Å². The van der Waals surface area contributed by atoms with Gasteiger partial charge in [0.1, 0.15) is 0 Å². The van der Waals surface area contributed by atoms with E-state index in [1.807, 2.05) is 6.92 Å².